The Bertz CT molecular complexity index is 655. The van der Waals surface area contributed by atoms with Gasteiger partial charge >= 0.3 is 5.97 Å². The van der Waals surface area contributed by atoms with Gasteiger partial charge in [-0.1, -0.05) is 0 Å². The highest BCUT2D eigenvalue weighted by molar-refractivity contribution is 7.89. The molecule has 1 aliphatic rings. The van der Waals surface area contributed by atoms with Crippen molar-refractivity contribution in [3.63, 3.8) is 0 Å². The van der Waals surface area contributed by atoms with Crippen molar-refractivity contribution in [3.05, 3.63) is 29.6 Å². The third-order valence-corrected chi connectivity index (χ3v) is 5.12. The smallest absolute Gasteiger partial charge is 0.335 e. The van der Waals surface area contributed by atoms with E-state index in [2.05, 4.69) is 4.72 Å². The summed E-state index contributed by atoms with van der Waals surface area (Å²) < 4.78 is 40.2. The van der Waals surface area contributed by atoms with Crippen LogP contribution in [0.25, 0.3) is 0 Å². The minimum absolute atomic E-state index is 0.0371. The van der Waals surface area contributed by atoms with Crippen molar-refractivity contribution in [2.24, 2.45) is 5.41 Å². The maximum absolute atomic E-state index is 13.7. The molecular weight excluding hydrogens is 301 g/mol. The highest BCUT2D eigenvalue weighted by atomic mass is 32.2. The average molecular weight is 317 g/mol. The summed E-state index contributed by atoms with van der Waals surface area (Å²) in [6.07, 6.45) is 2.08. The molecule has 0 aromatic heterocycles. The van der Waals surface area contributed by atoms with E-state index in [1.54, 1.807) is 0 Å². The summed E-state index contributed by atoms with van der Waals surface area (Å²) >= 11 is 0. The van der Waals surface area contributed by atoms with Crippen LogP contribution in [0.4, 0.5) is 4.39 Å². The van der Waals surface area contributed by atoms with Gasteiger partial charge in [0.05, 0.1) is 5.56 Å². The molecule has 1 saturated carbocycles. The fourth-order valence-electron chi connectivity index (χ4n) is 2.10. The molecule has 21 heavy (non-hydrogen) atoms. The third kappa shape index (κ3) is 3.58. The first-order valence-electron chi connectivity index (χ1n) is 6.43. The molecule has 1 fully saturated rings. The fraction of sp³-hybridized carbons (Fsp3) is 0.462. The van der Waals surface area contributed by atoms with E-state index in [4.69, 9.17) is 10.2 Å². The predicted octanol–water partition coefficient (Wildman–Crippen LogP) is 0.965. The summed E-state index contributed by atoms with van der Waals surface area (Å²) in [5, 5.41) is 17.8. The second-order valence-electron chi connectivity index (χ2n) is 5.25. The van der Waals surface area contributed by atoms with Gasteiger partial charge < -0.3 is 10.2 Å². The van der Waals surface area contributed by atoms with Crippen LogP contribution in [0.5, 0.6) is 0 Å². The quantitative estimate of drug-likeness (QED) is 0.695. The van der Waals surface area contributed by atoms with E-state index in [0.717, 1.165) is 31.0 Å². The van der Waals surface area contributed by atoms with Gasteiger partial charge in [0.1, 0.15) is 10.7 Å². The number of carboxylic acid groups (broad SMARTS) is 1. The van der Waals surface area contributed by atoms with E-state index < -0.39 is 26.7 Å². The summed E-state index contributed by atoms with van der Waals surface area (Å²) in [6.45, 7) is 0.0667. The number of aliphatic hydroxyl groups is 1. The van der Waals surface area contributed by atoms with E-state index in [0.29, 0.717) is 6.42 Å². The van der Waals surface area contributed by atoms with Crippen molar-refractivity contribution in [2.75, 3.05) is 13.2 Å². The zero-order valence-corrected chi connectivity index (χ0v) is 12.0. The lowest BCUT2D eigenvalue weighted by Crippen LogP contribution is -2.31. The Morgan fingerprint density at radius 1 is 1.38 bits per heavy atom. The number of aliphatic hydroxyl groups excluding tert-OH is 1. The van der Waals surface area contributed by atoms with Crippen LogP contribution in [0.2, 0.25) is 0 Å². The molecule has 0 radical (unpaired) electrons. The van der Waals surface area contributed by atoms with Gasteiger partial charge in [-0.15, -0.1) is 0 Å². The number of rotatable bonds is 7. The molecule has 8 heteroatoms. The van der Waals surface area contributed by atoms with Gasteiger partial charge in [0.15, 0.2) is 0 Å². The molecule has 0 saturated heterocycles. The van der Waals surface area contributed by atoms with Crippen molar-refractivity contribution in [2.45, 2.75) is 24.2 Å². The second-order valence-corrected chi connectivity index (χ2v) is 6.98. The van der Waals surface area contributed by atoms with Crippen LogP contribution >= 0.6 is 0 Å². The molecule has 0 spiro atoms. The lowest BCUT2D eigenvalue weighted by molar-refractivity contribution is 0.0696. The van der Waals surface area contributed by atoms with E-state index in [1.807, 2.05) is 0 Å². The first-order valence-corrected chi connectivity index (χ1v) is 7.91. The monoisotopic (exact) mass is 317 g/mol. The zero-order chi connectivity index (χ0) is 15.7. The molecule has 1 aliphatic carbocycles. The molecule has 1 aromatic carbocycles. The minimum Gasteiger partial charge on any atom is -0.478 e. The predicted molar refractivity (Wildman–Crippen MR) is 71.9 cm³/mol. The Kier molecular flexibility index (Phi) is 4.31. The number of hydrogen-bond donors (Lipinski definition) is 3. The van der Waals surface area contributed by atoms with Crippen LogP contribution in [0.15, 0.2) is 23.1 Å². The topological polar surface area (TPSA) is 104 Å². The summed E-state index contributed by atoms with van der Waals surface area (Å²) in [6, 6.07) is 2.62. The van der Waals surface area contributed by atoms with E-state index >= 15 is 0 Å². The summed E-state index contributed by atoms with van der Waals surface area (Å²) in [4.78, 5) is 10.2. The number of hydrogen-bond acceptors (Lipinski definition) is 4. The first kappa shape index (κ1) is 15.9. The van der Waals surface area contributed by atoms with Crippen LogP contribution in [0.3, 0.4) is 0 Å². The van der Waals surface area contributed by atoms with Gasteiger partial charge in [-0.25, -0.2) is 22.3 Å². The maximum Gasteiger partial charge on any atom is 0.335 e. The molecule has 3 N–H and O–H groups in total. The summed E-state index contributed by atoms with van der Waals surface area (Å²) in [7, 11) is -4.13. The number of aromatic carboxylic acids is 1. The van der Waals surface area contributed by atoms with Gasteiger partial charge in [-0.05, 0) is 42.9 Å². The number of benzene rings is 1. The van der Waals surface area contributed by atoms with Gasteiger partial charge in [0.2, 0.25) is 10.0 Å². The van der Waals surface area contributed by atoms with Crippen LogP contribution in [-0.2, 0) is 10.0 Å². The molecule has 6 nitrogen and oxygen atoms in total. The van der Waals surface area contributed by atoms with E-state index in [1.165, 1.54) is 0 Å². The molecule has 0 aliphatic heterocycles. The average Bonchev–Trinajstić information content (AvgIpc) is 3.17. The first-order chi connectivity index (χ1) is 9.80. The van der Waals surface area contributed by atoms with E-state index in [-0.39, 0.29) is 24.1 Å². The minimum atomic E-state index is -4.13. The van der Waals surface area contributed by atoms with Crippen LogP contribution in [0.1, 0.15) is 29.6 Å². The molecule has 116 valence electrons. The van der Waals surface area contributed by atoms with Crippen LogP contribution < -0.4 is 4.72 Å². The Morgan fingerprint density at radius 2 is 2.05 bits per heavy atom. The number of carbonyl (C=O) groups is 1. The van der Waals surface area contributed by atoms with Crippen molar-refractivity contribution in [3.8, 4) is 0 Å². The molecule has 0 amide bonds. The Balaban J connectivity index is 2.19. The largest absolute Gasteiger partial charge is 0.478 e. The van der Waals surface area contributed by atoms with Crippen molar-refractivity contribution in [1.29, 1.82) is 0 Å². The van der Waals surface area contributed by atoms with Crippen molar-refractivity contribution < 1.29 is 27.8 Å². The molecule has 2 rings (SSSR count). The Hall–Kier alpha value is -1.51. The van der Waals surface area contributed by atoms with Gasteiger partial charge in [0, 0.05) is 13.2 Å². The molecule has 1 aromatic rings. The normalized spacial score (nSPS) is 16.7. The highest BCUT2D eigenvalue weighted by Gasteiger charge is 2.42. The van der Waals surface area contributed by atoms with Gasteiger partial charge in [-0.3, -0.25) is 0 Å². The standard InChI is InChI=1S/C13H16FNO5S/c14-10-2-1-9(12(17)18)7-11(10)21(19,20)15-8-13(3-4-13)5-6-16/h1-2,7,15-16H,3-6,8H2,(H,17,18). The molecular formula is C13H16FNO5S. The number of halogens is 1. The summed E-state index contributed by atoms with van der Waals surface area (Å²) in [5.74, 6) is -2.33. The van der Waals surface area contributed by atoms with Crippen LogP contribution in [-0.4, -0.2) is 37.8 Å². The van der Waals surface area contributed by atoms with Crippen molar-refractivity contribution >= 4 is 16.0 Å². The van der Waals surface area contributed by atoms with Crippen LogP contribution in [0, 0.1) is 11.2 Å². The van der Waals surface area contributed by atoms with Crippen molar-refractivity contribution in [1.82, 2.24) is 4.72 Å². The fourth-order valence-corrected chi connectivity index (χ4v) is 3.36. The maximum atomic E-state index is 13.7. The highest BCUT2D eigenvalue weighted by Crippen LogP contribution is 2.48. The van der Waals surface area contributed by atoms with Gasteiger partial charge in [-0.2, -0.15) is 0 Å². The Labute approximate surface area is 121 Å². The number of carboxylic acids is 1. The zero-order valence-electron chi connectivity index (χ0n) is 11.2. The summed E-state index contributed by atoms with van der Waals surface area (Å²) in [5.41, 5.74) is -0.559. The molecule has 0 bridgehead atoms. The number of sulfonamides is 1. The Morgan fingerprint density at radius 3 is 2.57 bits per heavy atom. The molecule has 0 atom stereocenters. The third-order valence-electron chi connectivity index (χ3n) is 3.70. The SMILES string of the molecule is O=C(O)c1ccc(F)c(S(=O)(=O)NCC2(CCO)CC2)c1. The number of nitrogens with one attached hydrogen (secondary N) is 1. The second kappa shape index (κ2) is 5.70. The lowest BCUT2D eigenvalue weighted by atomic mass is 10.0. The van der Waals surface area contributed by atoms with Gasteiger partial charge in [0.25, 0.3) is 0 Å². The van der Waals surface area contributed by atoms with E-state index in [9.17, 15) is 17.6 Å². The molecule has 0 unspecified atom stereocenters. The lowest BCUT2D eigenvalue weighted by Gasteiger charge is -2.15. The molecule has 0 heterocycles.